The van der Waals surface area contributed by atoms with Crippen LogP contribution in [0.3, 0.4) is 0 Å². The fourth-order valence-corrected chi connectivity index (χ4v) is 3.98. The summed E-state index contributed by atoms with van der Waals surface area (Å²) in [5.74, 6) is 0.753. The highest BCUT2D eigenvalue weighted by molar-refractivity contribution is 5.24. The molecular formula is C25H34O4. The first kappa shape index (κ1) is 22.0. The average Bonchev–Trinajstić information content (AvgIpc) is 3.04. The third kappa shape index (κ3) is 5.67. The Bertz CT molecular complexity index is 680. The molecule has 158 valence electrons. The molecule has 2 aliphatic heterocycles. The molecular weight excluding hydrogens is 364 g/mol. The molecule has 0 aromatic carbocycles. The number of hydrogen-bond donors (Lipinski definition) is 0. The van der Waals surface area contributed by atoms with Gasteiger partial charge in [0.2, 0.25) is 0 Å². The normalized spacial score (nSPS) is 28.1. The molecule has 0 aromatic rings. The van der Waals surface area contributed by atoms with E-state index < -0.39 is 0 Å². The highest BCUT2D eigenvalue weighted by Crippen LogP contribution is 2.42. The van der Waals surface area contributed by atoms with Crippen LogP contribution in [0.25, 0.3) is 0 Å². The Morgan fingerprint density at radius 2 is 1.24 bits per heavy atom. The first-order valence-electron chi connectivity index (χ1n) is 10.3. The lowest BCUT2D eigenvalue weighted by Gasteiger charge is -2.32. The molecule has 4 nitrogen and oxygen atoms in total. The van der Waals surface area contributed by atoms with E-state index in [2.05, 4.69) is 38.5 Å². The van der Waals surface area contributed by atoms with Crippen molar-refractivity contribution in [2.24, 2.45) is 11.8 Å². The summed E-state index contributed by atoms with van der Waals surface area (Å²) in [5, 5.41) is 0. The van der Waals surface area contributed by atoms with Crippen LogP contribution in [-0.4, -0.2) is 51.8 Å². The minimum absolute atomic E-state index is 0.135. The number of hydrogen-bond acceptors (Lipinski definition) is 4. The van der Waals surface area contributed by atoms with E-state index in [9.17, 15) is 0 Å². The summed E-state index contributed by atoms with van der Waals surface area (Å²) in [5.41, 5.74) is 6.20. The maximum Gasteiger partial charge on any atom is 0.0909 e. The summed E-state index contributed by atoms with van der Waals surface area (Å²) in [6.45, 7) is 23.0. The fourth-order valence-electron chi connectivity index (χ4n) is 3.98. The van der Waals surface area contributed by atoms with Crippen LogP contribution in [0, 0.1) is 11.8 Å². The predicted octanol–water partition coefficient (Wildman–Crippen LogP) is 4.57. The summed E-state index contributed by atoms with van der Waals surface area (Å²) in [6, 6.07) is 0. The van der Waals surface area contributed by atoms with Gasteiger partial charge in [0, 0.05) is 11.8 Å². The van der Waals surface area contributed by atoms with Crippen molar-refractivity contribution < 1.29 is 18.9 Å². The highest BCUT2D eigenvalue weighted by Gasteiger charge is 2.46. The van der Waals surface area contributed by atoms with Crippen LogP contribution in [0.1, 0.15) is 20.3 Å². The Balaban J connectivity index is 1.50. The third-order valence-corrected chi connectivity index (χ3v) is 5.87. The molecule has 1 saturated carbocycles. The van der Waals surface area contributed by atoms with Crippen LogP contribution >= 0.6 is 0 Å². The van der Waals surface area contributed by atoms with Gasteiger partial charge >= 0.3 is 0 Å². The van der Waals surface area contributed by atoms with Crippen molar-refractivity contribution in [1.82, 2.24) is 0 Å². The lowest BCUT2D eigenvalue weighted by atomic mass is 9.98. The minimum atomic E-state index is 0.135. The van der Waals surface area contributed by atoms with Gasteiger partial charge in [0.15, 0.2) is 0 Å². The molecule has 29 heavy (non-hydrogen) atoms. The van der Waals surface area contributed by atoms with Gasteiger partial charge in [0.25, 0.3) is 0 Å². The molecule has 0 bridgehead atoms. The highest BCUT2D eigenvalue weighted by atomic mass is 16.5. The van der Waals surface area contributed by atoms with E-state index in [1.54, 1.807) is 0 Å². The van der Waals surface area contributed by atoms with E-state index in [0.29, 0.717) is 51.5 Å². The smallest absolute Gasteiger partial charge is 0.0909 e. The molecule has 1 aliphatic carbocycles. The van der Waals surface area contributed by atoms with Crippen molar-refractivity contribution in [1.29, 1.82) is 0 Å². The van der Waals surface area contributed by atoms with Crippen LogP contribution in [0.15, 0.2) is 71.9 Å². The van der Waals surface area contributed by atoms with Crippen LogP contribution in [0.2, 0.25) is 0 Å². The zero-order valence-corrected chi connectivity index (χ0v) is 17.9. The molecule has 4 atom stereocenters. The topological polar surface area (TPSA) is 36.9 Å². The molecule has 0 saturated heterocycles. The van der Waals surface area contributed by atoms with Crippen molar-refractivity contribution in [3.8, 4) is 0 Å². The maximum absolute atomic E-state index is 6.17. The van der Waals surface area contributed by atoms with E-state index >= 15 is 0 Å². The number of rotatable bonds is 10. The maximum atomic E-state index is 6.17. The predicted molar refractivity (Wildman–Crippen MR) is 117 cm³/mol. The molecule has 1 fully saturated rings. The zero-order valence-electron chi connectivity index (χ0n) is 17.9. The number of fused-ring (bicyclic) bond motifs is 3. The Kier molecular flexibility index (Phi) is 7.47. The molecule has 0 N–H and O–H groups in total. The molecule has 2 heterocycles. The van der Waals surface area contributed by atoms with E-state index in [0.717, 1.165) is 28.7 Å². The van der Waals surface area contributed by atoms with E-state index in [1.165, 1.54) is 11.1 Å². The summed E-state index contributed by atoms with van der Waals surface area (Å²) < 4.78 is 23.9. The molecule has 0 aromatic heterocycles. The first-order chi connectivity index (χ1) is 13.8. The Morgan fingerprint density at radius 1 is 0.828 bits per heavy atom. The summed E-state index contributed by atoms with van der Waals surface area (Å²) >= 11 is 0. The van der Waals surface area contributed by atoms with Crippen LogP contribution in [0.5, 0.6) is 0 Å². The molecule has 0 radical (unpaired) electrons. The Morgan fingerprint density at radius 3 is 1.62 bits per heavy atom. The van der Waals surface area contributed by atoms with E-state index in [-0.39, 0.29) is 12.2 Å². The Hall–Kier alpha value is -1.72. The van der Waals surface area contributed by atoms with Gasteiger partial charge in [-0.15, -0.1) is 0 Å². The minimum Gasteiger partial charge on any atom is -0.372 e. The van der Waals surface area contributed by atoms with Gasteiger partial charge in [-0.1, -0.05) is 49.6 Å². The van der Waals surface area contributed by atoms with Gasteiger partial charge < -0.3 is 18.9 Å². The zero-order chi connectivity index (χ0) is 21.0. The fraction of sp³-hybridized carbons (Fsp3) is 0.520. The number of ether oxygens (including phenoxy) is 4. The Labute approximate surface area is 175 Å². The van der Waals surface area contributed by atoms with Gasteiger partial charge in [-0.05, 0) is 42.6 Å². The second kappa shape index (κ2) is 9.86. The van der Waals surface area contributed by atoms with Crippen LogP contribution in [0.4, 0.5) is 0 Å². The largest absolute Gasteiger partial charge is 0.372 e. The summed E-state index contributed by atoms with van der Waals surface area (Å²) in [6.07, 6.45) is 5.98. The summed E-state index contributed by atoms with van der Waals surface area (Å²) in [7, 11) is 0. The van der Waals surface area contributed by atoms with E-state index in [1.807, 2.05) is 13.8 Å². The van der Waals surface area contributed by atoms with Gasteiger partial charge in [0.1, 0.15) is 0 Å². The molecule has 3 rings (SSSR count). The van der Waals surface area contributed by atoms with Crippen LogP contribution < -0.4 is 0 Å². The summed E-state index contributed by atoms with van der Waals surface area (Å²) in [4.78, 5) is 0. The van der Waals surface area contributed by atoms with Crippen molar-refractivity contribution >= 4 is 0 Å². The van der Waals surface area contributed by atoms with Crippen molar-refractivity contribution in [3.63, 3.8) is 0 Å². The molecule has 0 unspecified atom stereocenters. The van der Waals surface area contributed by atoms with Crippen LogP contribution in [-0.2, 0) is 18.9 Å². The SMILES string of the molecule is C=C(C)C(=C)COCC1=C[C@H]2C[C@H]3C=C(COCC(=C)C(=C)C)CO[C@H]3[C@H]2OC1. The quantitative estimate of drug-likeness (QED) is 0.399. The average molecular weight is 399 g/mol. The standard InChI is InChI=1S/C25H34O4/c1-16(2)18(5)10-26-12-20-7-22-9-23-8-21(13-27-11-19(6)17(3)4)15-29-25(23)24(22)28-14-20/h7-8,22-25H,1,3,5-6,9-15H2,2,4H3/t22-,23+,24-,25+. The molecule has 3 aliphatic rings. The lowest BCUT2D eigenvalue weighted by molar-refractivity contribution is -0.0756. The van der Waals surface area contributed by atoms with Crippen molar-refractivity contribution in [3.05, 3.63) is 71.9 Å². The molecule has 0 amide bonds. The monoisotopic (exact) mass is 398 g/mol. The van der Waals surface area contributed by atoms with Crippen molar-refractivity contribution in [2.75, 3.05) is 39.6 Å². The van der Waals surface area contributed by atoms with E-state index in [4.69, 9.17) is 18.9 Å². The molecule has 0 spiro atoms. The van der Waals surface area contributed by atoms with Gasteiger partial charge in [-0.3, -0.25) is 0 Å². The van der Waals surface area contributed by atoms with Gasteiger partial charge in [-0.2, -0.15) is 0 Å². The first-order valence-corrected chi connectivity index (χ1v) is 10.3. The van der Waals surface area contributed by atoms with Gasteiger partial charge in [0.05, 0.1) is 51.8 Å². The lowest BCUT2D eigenvalue weighted by Crippen LogP contribution is -2.38. The third-order valence-electron chi connectivity index (χ3n) is 5.87. The second-order valence-corrected chi connectivity index (χ2v) is 8.52. The van der Waals surface area contributed by atoms with Gasteiger partial charge in [-0.25, -0.2) is 0 Å². The van der Waals surface area contributed by atoms with Crippen molar-refractivity contribution in [2.45, 2.75) is 32.5 Å². The second-order valence-electron chi connectivity index (χ2n) is 8.52. The molecule has 4 heteroatoms.